The van der Waals surface area contributed by atoms with E-state index in [9.17, 15) is 4.79 Å². The average molecular weight is 360 g/mol. The van der Waals surface area contributed by atoms with Crippen LogP contribution < -0.4 is 0 Å². The van der Waals surface area contributed by atoms with Crippen molar-refractivity contribution in [2.24, 2.45) is 11.8 Å². The number of carbonyl (C=O) groups excluding carboxylic acids is 1. The fourth-order valence-electron chi connectivity index (χ4n) is 4.72. The maximum Gasteiger partial charge on any atom is 0.225 e. The van der Waals surface area contributed by atoms with Crippen LogP contribution in [0, 0.1) is 18.8 Å². The van der Waals surface area contributed by atoms with Crippen LogP contribution in [-0.2, 0) is 16.1 Å². The third-order valence-electron chi connectivity index (χ3n) is 6.81. The molecule has 144 valence electrons. The summed E-state index contributed by atoms with van der Waals surface area (Å²) >= 11 is 0. The first kappa shape index (κ1) is 18.0. The van der Waals surface area contributed by atoms with Gasteiger partial charge in [0.2, 0.25) is 5.91 Å². The number of ether oxygens (including phenoxy) is 1. The number of piperidine rings is 1. The molecule has 0 atom stereocenters. The van der Waals surface area contributed by atoms with E-state index < -0.39 is 0 Å². The number of imidazole rings is 1. The van der Waals surface area contributed by atoms with Crippen molar-refractivity contribution in [3.63, 3.8) is 0 Å². The molecule has 0 bridgehead atoms. The van der Waals surface area contributed by atoms with Crippen molar-refractivity contribution in [3.05, 3.63) is 17.7 Å². The third-order valence-corrected chi connectivity index (χ3v) is 6.81. The number of rotatable bonds is 5. The first-order valence-corrected chi connectivity index (χ1v) is 10.6. The predicted octanol–water partition coefficient (Wildman–Crippen LogP) is 3.51. The minimum Gasteiger partial charge on any atom is -0.381 e. The zero-order valence-electron chi connectivity index (χ0n) is 16.2. The Hall–Kier alpha value is -1.36. The van der Waals surface area contributed by atoms with Gasteiger partial charge >= 0.3 is 0 Å². The molecule has 0 N–H and O–H groups in total. The molecule has 1 saturated carbocycles. The van der Waals surface area contributed by atoms with Crippen LogP contribution in [0.5, 0.6) is 0 Å². The van der Waals surface area contributed by atoms with Crippen LogP contribution in [-0.4, -0.2) is 46.7 Å². The molecule has 5 nitrogen and oxygen atoms in total. The van der Waals surface area contributed by atoms with E-state index in [1.165, 1.54) is 37.2 Å². The third kappa shape index (κ3) is 3.83. The fourth-order valence-corrected chi connectivity index (χ4v) is 4.72. The standard InChI is InChI=1S/C21H33N3O2/c1-16-15-22-20(18-3-2-4-18)24(16)12-7-17-5-10-23(11-6-17)21(25)19-8-13-26-14-9-19/h15,17-19H,2-14H2,1H3. The first-order valence-electron chi connectivity index (χ1n) is 10.6. The molecule has 1 aromatic heterocycles. The summed E-state index contributed by atoms with van der Waals surface area (Å²) in [5.41, 5.74) is 1.30. The zero-order valence-corrected chi connectivity index (χ0v) is 16.2. The van der Waals surface area contributed by atoms with E-state index >= 15 is 0 Å². The van der Waals surface area contributed by atoms with Crippen LogP contribution in [0.3, 0.4) is 0 Å². The normalized spacial score (nSPS) is 23.2. The highest BCUT2D eigenvalue weighted by molar-refractivity contribution is 5.79. The number of likely N-dealkylation sites (tertiary alicyclic amines) is 1. The van der Waals surface area contributed by atoms with Gasteiger partial charge in [-0.05, 0) is 57.8 Å². The van der Waals surface area contributed by atoms with E-state index in [4.69, 9.17) is 4.74 Å². The summed E-state index contributed by atoms with van der Waals surface area (Å²) < 4.78 is 7.85. The molecule has 0 unspecified atom stereocenters. The number of amides is 1. The summed E-state index contributed by atoms with van der Waals surface area (Å²) in [5.74, 6) is 3.34. The lowest BCUT2D eigenvalue weighted by Crippen LogP contribution is -2.43. The Morgan fingerprint density at radius 1 is 1.15 bits per heavy atom. The van der Waals surface area contributed by atoms with Crippen molar-refractivity contribution >= 4 is 5.91 Å². The summed E-state index contributed by atoms with van der Waals surface area (Å²) in [6.07, 6.45) is 11.4. The highest BCUT2D eigenvalue weighted by atomic mass is 16.5. The Bertz CT molecular complexity index is 609. The molecule has 3 fully saturated rings. The fraction of sp³-hybridized carbons (Fsp3) is 0.810. The quantitative estimate of drug-likeness (QED) is 0.808. The number of hydrogen-bond acceptors (Lipinski definition) is 3. The average Bonchev–Trinajstić information content (AvgIpc) is 2.99. The topological polar surface area (TPSA) is 47.4 Å². The van der Waals surface area contributed by atoms with Gasteiger partial charge in [-0.1, -0.05) is 6.42 Å². The molecule has 2 saturated heterocycles. The Morgan fingerprint density at radius 3 is 2.54 bits per heavy atom. The molecule has 3 aliphatic rings. The lowest BCUT2D eigenvalue weighted by molar-refractivity contribution is -0.140. The minimum atomic E-state index is 0.207. The molecule has 5 heteroatoms. The second-order valence-electron chi connectivity index (χ2n) is 8.48. The van der Waals surface area contributed by atoms with Gasteiger partial charge < -0.3 is 14.2 Å². The van der Waals surface area contributed by atoms with E-state index in [0.29, 0.717) is 11.8 Å². The van der Waals surface area contributed by atoms with Crippen LogP contribution in [0.2, 0.25) is 0 Å². The van der Waals surface area contributed by atoms with Gasteiger partial charge in [-0.15, -0.1) is 0 Å². The monoisotopic (exact) mass is 359 g/mol. The van der Waals surface area contributed by atoms with Crippen molar-refractivity contribution in [3.8, 4) is 0 Å². The van der Waals surface area contributed by atoms with Gasteiger partial charge in [0.25, 0.3) is 0 Å². The maximum absolute atomic E-state index is 12.7. The van der Waals surface area contributed by atoms with E-state index in [2.05, 4.69) is 21.4 Å². The van der Waals surface area contributed by atoms with E-state index in [0.717, 1.165) is 64.4 Å². The lowest BCUT2D eigenvalue weighted by atomic mass is 9.84. The number of hydrogen-bond donors (Lipinski definition) is 0. The van der Waals surface area contributed by atoms with E-state index in [1.54, 1.807) is 0 Å². The molecule has 2 aliphatic heterocycles. The summed E-state index contributed by atoms with van der Waals surface area (Å²) in [6, 6.07) is 0. The van der Waals surface area contributed by atoms with Crippen LogP contribution in [0.1, 0.15) is 68.8 Å². The summed E-state index contributed by atoms with van der Waals surface area (Å²) in [5, 5.41) is 0. The van der Waals surface area contributed by atoms with Gasteiger partial charge in [-0.25, -0.2) is 4.98 Å². The van der Waals surface area contributed by atoms with Gasteiger partial charge in [0.15, 0.2) is 0 Å². The van der Waals surface area contributed by atoms with E-state index in [1.807, 2.05) is 6.20 Å². The Labute approximate surface area is 157 Å². The summed E-state index contributed by atoms with van der Waals surface area (Å²) in [7, 11) is 0. The van der Waals surface area contributed by atoms with Crippen molar-refractivity contribution in [1.29, 1.82) is 0 Å². The molecule has 0 spiro atoms. The zero-order chi connectivity index (χ0) is 17.9. The van der Waals surface area contributed by atoms with E-state index in [-0.39, 0.29) is 5.92 Å². The van der Waals surface area contributed by atoms with Crippen molar-refractivity contribution in [2.45, 2.75) is 70.8 Å². The predicted molar refractivity (Wildman–Crippen MR) is 101 cm³/mol. The van der Waals surface area contributed by atoms with Crippen molar-refractivity contribution < 1.29 is 9.53 Å². The Morgan fingerprint density at radius 2 is 1.88 bits per heavy atom. The van der Waals surface area contributed by atoms with Gasteiger partial charge in [0, 0.05) is 56.6 Å². The number of aryl methyl sites for hydroxylation is 1. The molecular formula is C21H33N3O2. The van der Waals surface area contributed by atoms with Crippen LogP contribution in [0.4, 0.5) is 0 Å². The largest absolute Gasteiger partial charge is 0.381 e. The van der Waals surface area contributed by atoms with Crippen LogP contribution in [0.25, 0.3) is 0 Å². The number of nitrogens with zero attached hydrogens (tertiary/aromatic N) is 3. The minimum absolute atomic E-state index is 0.207. The van der Waals surface area contributed by atoms with Crippen molar-refractivity contribution in [2.75, 3.05) is 26.3 Å². The number of aromatic nitrogens is 2. The molecule has 0 radical (unpaired) electrons. The SMILES string of the molecule is Cc1cnc(C2CCC2)n1CCC1CCN(C(=O)C2CCOCC2)CC1. The highest BCUT2D eigenvalue weighted by Gasteiger charge is 2.30. The summed E-state index contributed by atoms with van der Waals surface area (Å²) in [6.45, 7) is 6.67. The molecule has 4 rings (SSSR count). The first-order chi connectivity index (χ1) is 12.7. The Balaban J connectivity index is 1.25. The van der Waals surface area contributed by atoms with Crippen LogP contribution in [0.15, 0.2) is 6.20 Å². The molecule has 3 heterocycles. The van der Waals surface area contributed by atoms with Gasteiger partial charge in [-0.3, -0.25) is 4.79 Å². The summed E-state index contributed by atoms with van der Waals surface area (Å²) in [4.78, 5) is 19.5. The number of carbonyl (C=O) groups is 1. The lowest BCUT2D eigenvalue weighted by Gasteiger charge is -2.35. The molecule has 0 aromatic carbocycles. The van der Waals surface area contributed by atoms with Gasteiger partial charge in [-0.2, -0.15) is 0 Å². The van der Waals surface area contributed by atoms with Gasteiger partial charge in [0.1, 0.15) is 5.82 Å². The Kier molecular flexibility index (Phi) is 5.63. The molecule has 26 heavy (non-hydrogen) atoms. The maximum atomic E-state index is 12.7. The smallest absolute Gasteiger partial charge is 0.225 e. The highest BCUT2D eigenvalue weighted by Crippen LogP contribution is 2.36. The second kappa shape index (κ2) is 8.12. The molecule has 1 amide bonds. The van der Waals surface area contributed by atoms with Gasteiger partial charge in [0.05, 0.1) is 0 Å². The second-order valence-corrected chi connectivity index (χ2v) is 8.48. The van der Waals surface area contributed by atoms with Crippen LogP contribution >= 0.6 is 0 Å². The molecular weight excluding hydrogens is 326 g/mol. The molecule has 1 aromatic rings. The molecule has 1 aliphatic carbocycles. The van der Waals surface area contributed by atoms with Crippen molar-refractivity contribution in [1.82, 2.24) is 14.5 Å².